The molecule has 0 aromatic carbocycles. The molecule has 3 rings (SSSR count). The Labute approximate surface area is 145 Å². The molecule has 0 N–H and O–H groups in total. The first-order valence-electron chi connectivity index (χ1n) is 8.23. The van der Waals surface area contributed by atoms with Crippen molar-refractivity contribution < 1.29 is 4.21 Å². The minimum absolute atomic E-state index is 0.205. The van der Waals surface area contributed by atoms with Crippen molar-refractivity contribution in [3.8, 4) is 6.07 Å². The highest BCUT2D eigenvalue weighted by Gasteiger charge is 2.29. The summed E-state index contributed by atoms with van der Waals surface area (Å²) in [7, 11) is 2.94. The van der Waals surface area contributed by atoms with E-state index in [1.807, 2.05) is 0 Å². The summed E-state index contributed by atoms with van der Waals surface area (Å²) in [6, 6.07) is 2.49. The van der Waals surface area contributed by atoms with Gasteiger partial charge in [-0.2, -0.15) is 5.26 Å². The van der Waals surface area contributed by atoms with Crippen LogP contribution in [0.25, 0.3) is 0 Å². The summed E-state index contributed by atoms with van der Waals surface area (Å²) in [5, 5.41) is 9.48. The lowest BCUT2D eigenvalue weighted by Gasteiger charge is -2.40. The van der Waals surface area contributed by atoms with E-state index in [1.165, 1.54) is 5.56 Å². The average molecular weight is 348 g/mol. The summed E-state index contributed by atoms with van der Waals surface area (Å²) < 4.78 is 12.0. The van der Waals surface area contributed by atoms with Crippen molar-refractivity contribution in [2.75, 3.05) is 51.4 Å². The van der Waals surface area contributed by atoms with E-state index in [-0.39, 0.29) is 6.04 Å². The monoisotopic (exact) mass is 348 g/mol. The molecule has 3 heterocycles. The Bertz CT molecular complexity index is 688. The molecule has 0 spiro atoms. The normalized spacial score (nSPS) is 23.6. The summed E-state index contributed by atoms with van der Waals surface area (Å²) in [5.74, 6) is 0.925. The summed E-state index contributed by atoms with van der Waals surface area (Å²) in [6.45, 7) is 4.29. The number of piperazine rings is 1. The van der Waals surface area contributed by atoms with Crippen molar-refractivity contribution in [2.24, 2.45) is 0 Å². The standard InChI is InChI=1S/C16H24N6OS/c1-20-7-5-13-14(11-20)18-16(24(3)23)19-15(13)22-9-8-21(2)12(10-22)4-6-17/h12H,4-5,7-11H2,1-3H3/t12-,24?/m0/s1. The van der Waals surface area contributed by atoms with E-state index in [0.717, 1.165) is 50.7 Å². The van der Waals surface area contributed by atoms with Crippen molar-refractivity contribution in [1.82, 2.24) is 19.8 Å². The average Bonchev–Trinajstić information content (AvgIpc) is 2.55. The van der Waals surface area contributed by atoms with Crippen LogP contribution < -0.4 is 4.90 Å². The van der Waals surface area contributed by atoms with Crippen LogP contribution in [-0.2, 0) is 23.8 Å². The minimum atomic E-state index is -1.20. The van der Waals surface area contributed by atoms with Gasteiger partial charge < -0.3 is 9.80 Å². The van der Waals surface area contributed by atoms with Crippen molar-refractivity contribution in [1.29, 1.82) is 5.26 Å². The molecule has 7 nitrogen and oxygen atoms in total. The van der Waals surface area contributed by atoms with Crippen molar-refractivity contribution in [3.63, 3.8) is 0 Å². The maximum absolute atomic E-state index is 12.0. The topological polar surface area (TPSA) is 76.4 Å². The van der Waals surface area contributed by atoms with E-state index in [2.05, 4.69) is 44.8 Å². The third-order valence-electron chi connectivity index (χ3n) is 4.87. The van der Waals surface area contributed by atoms with Crippen molar-refractivity contribution in [3.05, 3.63) is 11.3 Å². The molecule has 0 radical (unpaired) electrons. The van der Waals surface area contributed by atoms with Gasteiger partial charge in [-0.25, -0.2) is 9.97 Å². The largest absolute Gasteiger partial charge is 0.353 e. The van der Waals surface area contributed by atoms with Crippen LogP contribution in [0.2, 0.25) is 0 Å². The lowest BCUT2D eigenvalue weighted by Crippen LogP contribution is -2.52. The zero-order valence-corrected chi connectivity index (χ0v) is 15.3. The highest BCUT2D eigenvalue weighted by atomic mass is 32.2. The van der Waals surface area contributed by atoms with E-state index in [0.29, 0.717) is 11.6 Å². The van der Waals surface area contributed by atoms with Gasteiger partial charge in [0.25, 0.3) is 0 Å². The maximum Gasteiger partial charge on any atom is 0.220 e. The number of hydrogen-bond donors (Lipinski definition) is 0. The fourth-order valence-corrected chi connectivity index (χ4v) is 3.83. The third-order valence-corrected chi connectivity index (χ3v) is 5.57. The molecule has 130 valence electrons. The molecule has 1 fully saturated rings. The molecular formula is C16H24N6OS. The van der Waals surface area contributed by atoms with Gasteiger partial charge in [-0.05, 0) is 20.5 Å². The van der Waals surface area contributed by atoms with Gasteiger partial charge in [0.2, 0.25) is 5.16 Å². The first kappa shape index (κ1) is 17.3. The van der Waals surface area contributed by atoms with Gasteiger partial charge in [0.1, 0.15) is 5.82 Å². The fourth-order valence-electron chi connectivity index (χ4n) is 3.37. The fraction of sp³-hybridized carbons (Fsp3) is 0.688. The Morgan fingerprint density at radius 1 is 1.29 bits per heavy atom. The second-order valence-electron chi connectivity index (χ2n) is 6.64. The number of fused-ring (bicyclic) bond motifs is 1. The van der Waals surface area contributed by atoms with Gasteiger partial charge in [-0.15, -0.1) is 0 Å². The molecule has 2 aliphatic rings. The molecule has 1 saturated heterocycles. The van der Waals surface area contributed by atoms with E-state index >= 15 is 0 Å². The van der Waals surface area contributed by atoms with E-state index < -0.39 is 10.8 Å². The molecule has 1 unspecified atom stereocenters. The lowest BCUT2D eigenvalue weighted by molar-refractivity contribution is 0.220. The molecule has 1 aromatic rings. The smallest absolute Gasteiger partial charge is 0.220 e. The second-order valence-corrected chi connectivity index (χ2v) is 7.91. The number of anilines is 1. The molecule has 2 aliphatic heterocycles. The van der Waals surface area contributed by atoms with Crippen molar-refractivity contribution >= 4 is 16.6 Å². The van der Waals surface area contributed by atoms with Crippen LogP contribution in [-0.4, -0.2) is 76.5 Å². The van der Waals surface area contributed by atoms with Gasteiger partial charge in [0.05, 0.1) is 29.0 Å². The molecule has 0 amide bonds. The molecule has 8 heteroatoms. The van der Waals surface area contributed by atoms with Crippen LogP contribution in [0.3, 0.4) is 0 Å². The SMILES string of the molecule is CN1CCc2c(nc(S(C)=O)nc2N2CCN(C)[C@@H](CC#N)C2)C1. The molecular weight excluding hydrogens is 324 g/mol. The number of rotatable bonds is 3. The molecule has 0 aliphatic carbocycles. The quantitative estimate of drug-likeness (QED) is 0.724. The number of likely N-dealkylation sites (N-methyl/N-ethyl adjacent to an activating group) is 2. The summed E-state index contributed by atoms with van der Waals surface area (Å²) in [5.41, 5.74) is 2.18. The Balaban J connectivity index is 1.97. The molecule has 0 bridgehead atoms. The number of nitrogens with zero attached hydrogens (tertiary/aromatic N) is 6. The molecule has 24 heavy (non-hydrogen) atoms. The number of aromatic nitrogens is 2. The lowest BCUT2D eigenvalue weighted by atomic mass is 10.0. The highest BCUT2D eigenvalue weighted by molar-refractivity contribution is 7.84. The molecule has 0 saturated carbocycles. The Kier molecular flexibility index (Phi) is 5.13. The highest BCUT2D eigenvalue weighted by Crippen LogP contribution is 2.28. The van der Waals surface area contributed by atoms with E-state index in [4.69, 9.17) is 5.26 Å². The van der Waals surface area contributed by atoms with Gasteiger partial charge in [0, 0.05) is 50.6 Å². The van der Waals surface area contributed by atoms with Crippen LogP contribution in [0, 0.1) is 11.3 Å². The maximum atomic E-state index is 12.0. The zero-order chi connectivity index (χ0) is 17.3. The third kappa shape index (κ3) is 3.43. The van der Waals surface area contributed by atoms with Crippen LogP contribution in [0.15, 0.2) is 5.16 Å². The van der Waals surface area contributed by atoms with E-state index in [1.54, 1.807) is 6.26 Å². The van der Waals surface area contributed by atoms with Gasteiger partial charge >= 0.3 is 0 Å². The minimum Gasteiger partial charge on any atom is -0.353 e. The number of nitriles is 1. The van der Waals surface area contributed by atoms with Crippen LogP contribution in [0.1, 0.15) is 17.7 Å². The van der Waals surface area contributed by atoms with Gasteiger partial charge in [0.15, 0.2) is 0 Å². The van der Waals surface area contributed by atoms with Crippen molar-refractivity contribution in [2.45, 2.75) is 30.6 Å². The van der Waals surface area contributed by atoms with Gasteiger partial charge in [-0.3, -0.25) is 9.11 Å². The first-order valence-corrected chi connectivity index (χ1v) is 9.79. The Morgan fingerprint density at radius 3 is 2.79 bits per heavy atom. The summed E-state index contributed by atoms with van der Waals surface area (Å²) >= 11 is 0. The first-order chi connectivity index (χ1) is 11.5. The predicted octanol–water partition coefficient (Wildman–Crippen LogP) is 0.236. The predicted molar refractivity (Wildman–Crippen MR) is 93.3 cm³/mol. The molecule has 2 atom stereocenters. The van der Waals surface area contributed by atoms with Crippen LogP contribution >= 0.6 is 0 Å². The number of hydrogen-bond acceptors (Lipinski definition) is 7. The zero-order valence-electron chi connectivity index (χ0n) is 14.5. The Morgan fingerprint density at radius 2 is 2.08 bits per heavy atom. The molecule has 1 aromatic heterocycles. The Hall–Kier alpha value is -1.56. The van der Waals surface area contributed by atoms with Crippen LogP contribution in [0.4, 0.5) is 5.82 Å². The van der Waals surface area contributed by atoms with E-state index in [9.17, 15) is 4.21 Å². The second kappa shape index (κ2) is 7.13. The summed E-state index contributed by atoms with van der Waals surface area (Å²) in [4.78, 5) is 15.9. The van der Waals surface area contributed by atoms with Crippen LogP contribution in [0.5, 0.6) is 0 Å². The summed E-state index contributed by atoms with van der Waals surface area (Å²) in [6.07, 6.45) is 3.04. The van der Waals surface area contributed by atoms with Gasteiger partial charge in [-0.1, -0.05) is 0 Å².